The molecule has 0 aliphatic heterocycles. The summed E-state index contributed by atoms with van der Waals surface area (Å²) in [6, 6.07) is 0. The monoisotopic (exact) mass is 987 g/mol. The summed E-state index contributed by atoms with van der Waals surface area (Å²) in [7, 11) is 0. The molecular formula is C64H122O6. The Morgan fingerprint density at radius 2 is 0.471 bits per heavy atom. The summed E-state index contributed by atoms with van der Waals surface area (Å²) in [5.74, 6) is -0.844. The van der Waals surface area contributed by atoms with Crippen LogP contribution in [0.25, 0.3) is 0 Å². The molecule has 6 heteroatoms. The molecular weight excluding hydrogens is 865 g/mol. The normalized spacial score (nSPS) is 12.0. The number of unbranched alkanes of at least 4 members (excludes halogenated alkanes) is 46. The fourth-order valence-corrected chi connectivity index (χ4v) is 9.74. The molecule has 70 heavy (non-hydrogen) atoms. The van der Waals surface area contributed by atoms with Crippen LogP contribution < -0.4 is 0 Å². The molecule has 0 saturated heterocycles. The van der Waals surface area contributed by atoms with Crippen LogP contribution in [0.5, 0.6) is 0 Å². The summed E-state index contributed by atoms with van der Waals surface area (Å²) in [6.07, 6.45) is 69.3. The largest absolute Gasteiger partial charge is 0.462 e. The van der Waals surface area contributed by atoms with E-state index in [1.807, 2.05) is 0 Å². The average Bonchev–Trinajstić information content (AvgIpc) is 3.36. The highest BCUT2D eigenvalue weighted by Gasteiger charge is 2.19. The van der Waals surface area contributed by atoms with Crippen molar-refractivity contribution in [2.24, 2.45) is 0 Å². The average molecular weight is 988 g/mol. The molecule has 0 fully saturated rings. The highest BCUT2D eigenvalue weighted by atomic mass is 16.6. The van der Waals surface area contributed by atoms with Gasteiger partial charge in [0.25, 0.3) is 0 Å². The highest BCUT2D eigenvalue weighted by molar-refractivity contribution is 5.71. The number of carbonyl (C=O) groups is 3. The number of hydrogen-bond acceptors (Lipinski definition) is 6. The lowest BCUT2D eigenvalue weighted by Crippen LogP contribution is -2.30. The Morgan fingerprint density at radius 1 is 0.271 bits per heavy atom. The third kappa shape index (κ3) is 57.1. The van der Waals surface area contributed by atoms with Gasteiger partial charge in [-0.2, -0.15) is 0 Å². The van der Waals surface area contributed by atoms with E-state index in [-0.39, 0.29) is 31.1 Å². The number of rotatable bonds is 59. The molecule has 414 valence electrons. The fourth-order valence-electron chi connectivity index (χ4n) is 9.74. The molecule has 0 aliphatic carbocycles. The third-order valence-electron chi connectivity index (χ3n) is 14.5. The first-order valence-corrected chi connectivity index (χ1v) is 31.7. The second-order valence-electron chi connectivity index (χ2n) is 21.7. The zero-order chi connectivity index (χ0) is 50.7. The van der Waals surface area contributed by atoms with Gasteiger partial charge in [-0.15, -0.1) is 0 Å². The standard InChI is InChI=1S/C64H122O6/c1-4-7-10-13-16-19-22-25-28-30-32-34-36-39-42-45-48-51-54-57-63(66)69-60-61(59-68-62(65)56-53-50-47-44-41-38-35-27-24-21-18-15-12-9-6-3)70-64(67)58-55-52-49-46-43-40-37-33-31-29-26-23-20-17-14-11-8-5-2/h27,35,61H,4-26,28-34,36-60H2,1-3H3/b35-27-. The Morgan fingerprint density at radius 3 is 0.714 bits per heavy atom. The van der Waals surface area contributed by atoms with Crippen molar-refractivity contribution in [3.63, 3.8) is 0 Å². The summed E-state index contributed by atoms with van der Waals surface area (Å²) in [5, 5.41) is 0. The van der Waals surface area contributed by atoms with Gasteiger partial charge in [-0.25, -0.2) is 0 Å². The minimum atomic E-state index is -0.768. The lowest BCUT2D eigenvalue weighted by atomic mass is 10.0. The van der Waals surface area contributed by atoms with Crippen LogP contribution in [0.3, 0.4) is 0 Å². The van der Waals surface area contributed by atoms with Crippen molar-refractivity contribution in [3.8, 4) is 0 Å². The SMILES string of the molecule is CCCCCCCC/C=C\CCCCCCCC(=O)OCC(COC(=O)CCCCCCCCCCCCCCCCCCCCC)OC(=O)CCCCCCCCCCCCCCCCCCCC. The van der Waals surface area contributed by atoms with E-state index < -0.39 is 6.10 Å². The zero-order valence-electron chi connectivity index (χ0n) is 47.6. The number of allylic oxidation sites excluding steroid dienone is 2. The molecule has 0 spiro atoms. The van der Waals surface area contributed by atoms with Crippen molar-refractivity contribution in [3.05, 3.63) is 12.2 Å². The molecule has 1 atom stereocenters. The minimum absolute atomic E-state index is 0.0660. The van der Waals surface area contributed by atoms with Gasteiger partial charge in [0.2, 0.25) is 0 Å². The predicted molar refractivity (Wildman–Crippen MR) is 303 cm³/mol. The molecule has 0 aromatic rings. The summed E-state index contributed by atoms with van der Waals surface area (Å²) < 4.78 is 16.9. The molecule has 0 rings (SSSR count). The first kappa shape index (κ1) is 68.2. The van der Waals surface area contributed by atoms with E-state index in [1.165, 1.54) is 257 Å². The van der Waals surface area contributed by atoms with Crippen LogP contribution in [-0.4, -0.2) is 37.2 Å². The van der Waals surface area contributed by atoms with Crippen molar-refractivity contribution in [2.75, 3.05) is 13.2 Å². The molecule has 0 saturated carbocycles. The number of hydrogen-bond donors (Lipinski definition) is 0. The predicted octanol–water partition coefficient (Wildman–Crippen LogP) is 21.3. The minimum Gasteiger partial charge on any atom is -0.462 e. The van der Waals surface area contributed by atoms with Crippen LogP contribution in [0.2, 0.25) is 0 Å². The van der Waals surface area contributed by atoms with Crippen LogP contribution in [0.1, 0.15) is 361 Å². The van der Waals surface area contributed by atoms with Crippen molar-refractivity contribution in [2.45, 2.75) is 367 Å². The van der Waals surface area contributed by atoms with E-state index in [0.29, 0.717) is 19.3 Å². The first-order valence-electron chi connectivity index (χ1n) is 31.7. The van der Waals surface area contributed by atoms with Gasteiger partial charge in [0.05, 0.1) is 0 Å². The Labute approximate surface area is 437 Å². The van der Waals surface area contributed by atoms with Gasteiger partial charge in [0, 0.05) is 19.3 Å². The quantitative estimate of drug-likeness (QED) is 0.0261. The maximum Gasteiger partial charge on any atom is 0.306 e. The second kappa shape index (κ2) is 59.7. The van der Waals surface area contributed by atoms with Crippen LogP contribution in [0.15, 0.2) is 12.2 Å². The molecule has 0 aromatic heterocycles. The summed E-state index contributed by atoms with van der Waals surface area (Å²) in [5.41, 5.74) is 0. The molecule has 0 bridgehead atoms. The van der Waals surface area contributed by atoms with Gasteiger partial charge in [-0.3, -0.25) is 14.4 Å². The van der Waals surface area contributed by atoms with Crippen molar-refractivity contribution in [1.29, 1.82) is 0 Å². The Bertz CT molecular complexity index is 1090. The summed E-state index contributed by atoms with van der Waals surface area (Å²) in [6.45, 7) is 6.71. The fraction of sp³-hybridized carbons (Fsp3) is 0.922. The van der Waals surface area contributed by atoms with E-state index in [0.717, 1.165) is 64.2 Å². The summed E-state index contributed by atoms with van der Waals surface area (Å²) >= 11 is 0. The van der Waals surface area contributed by atoms with Crippen molar-refractivity contribution < 1.29 is 28.6 Å². The number of esters is 3. The van der Waals surface area contributed by atoms with Gasteiger partial charge in [-0.1, -0.05) is 309 Å². The van der Waals surface area contributed by atoms with Crippen LogP contribution in [-0.2, 0) is 28.6 Å². The molecule has 1 unspecified atom stereocenters. The lowest BCUT2D eigenvalue weighted by Gasteiger charge is -2.18. The molecule has 0 heterocycles. The molecule has 6 nitrogen and oxygen atoms in total. The third-order valence-corrected chi connectivity index (χ3v) is 14.5. The van der Waals surface area contributed by atoms with Crippen LogP contribution >= 0.6 is 0 Å². The van der Waals surface area contributed by atoms with Gasteiger partial charge in [0.15, 0.2) is 6.10 Å². The molecule has 0 aromatic carbocycles. The maximum absolute atomic E-state index is 12.9. The van der Waals surface area contributed by atoms with E-state index >= 15 is 0 Å². The maximum atomic E-state index is 12.9. The molecule has 0 aliphatic rings. The molecule has 0 N–H and O–H groups in total. The topological polar surface area (TPSA) is 78.9 Å². The number of carbonyl (C=O) groups excluding carboxylic acids is 3. The number of ether oxygens (including phenoxy) is 3. The first-order chi connectivity index (χ1) is 34.5. The highest BCUT2D eigenvalue weighted by Crippen LogP contribution is 2.18. The van der Waals surface area contributed by atoms with E-state index in [2.05, 4.69) is 32.9 Å². The van der Waals surface area contributed by atoms with E-state index in [4.69, 9.17) is 14.2 Å². The van der Waals surface area contributed by atoms with Gasteiger partial charge >= 0.3 is 17.9 Å². The Hall–Kier alpha value is -1.85. The van der Waals surface area contributed by atoms with Crippen LogP contribution in [0, 0.1) is 0 Å². The van der Waals surface area contributed by atoms with Gasteiger partial charge < -0.3 is 14.2 Å². The summed E-state index contributed by atoms with van der Waals surface area (Å²) in [4.78, 5) is 38.3. The van der Waals surface area contributed by atoms with E-state index in [1.54, 1.807) is 0 Å². The second-order valence-corrected chi connectivity index (χ2v) is 21.7. The Kier molecular flexibility index (Phi) is 58.1. The van der Waals surface area contributed by atoms with E-state index in [9.17, 15) is 14.4 Å². The van der Waals surface area contributed by atoms with Gasteiger partial charge in [0.1, 0.15) is 13.2 Å². The lowest BCUT2D eigenvalue weighted by molar-refractivity contribution is -0.167. The molecule has 0 radical (unpaired) electrons. The zero-order valence-corrected chi connectivity index (χ0v) is 47.6. The van der Waals surface area contributed by atoms with Crippen molar-refractivity contribution >= 4 is 17.9 Å². The Balaban J connectivity index is 4.30. The van der Waals surface area contributed by atoms with Crippen molar-refractivity contribution in [1.82, 2.24) is 0 Å². The van der Waals surface area contributed by atoms with Crippen LogP contribution in [0.4, 0.5) is 0 Å². The smallest absolute Gasteiger partial charge is 0.306 e. The van der Waals surface area contributed by atoms with Gasteiger partial charge in [-0.05, 0) is 44.9 Å². The molecule has 0 amide bonds.